The van der Waals surface area contributed by atoms with Crippen LogP contribution in [0.15, 0.2) is 9.59 Å². The Morgan fingerprint density at radius 2 is 1.89 bits per heavy atom. The van der Waals surface area contributed by atoms with Gasteiger partial charge in [-0.15, -0.1) is 0 Å². The molecule has 1 heterocycles. The second-order valence-corrected chi connectivity index (χ2v) is 5.85. The third-order valence-corrected chi connectivity index (χ3v) is 4.41. The van der Waals surface area contributed by atoms with Gasteiger partial charge in [-0.05, 0) is 24.7 Å². The van der Waals surface area contributed by atoms with Crippen molar-refractivity contribution in [1.82, 2.24) is 9.55 Å². The predicted molar refractivity (Wildman–Crippen MR) is 76.2 cm³/mol. The van der Waals surface area contributed by atoms with Crippen molar-refractivity contribution in [3.8, 4) is 0 Å². The third kappa shape index (κ3) is 3.08. The van der Waals surface area contributed by atoms with Crippen molar-refractivity contribution >= 4 is 5.82 Å². The van der Waals surface area contributed by atoms with Crippen molar-refractivity contribution in [1.29, 1.82) is 0 Å². The molecule has 0 aromatic carbocycles. The van der Waals surface area contributed by atoms with Gasteiger partial charge in [-0.25, -0.2) is 4.79 Å². The van der Waals surface area contributed by atoms with Gasteiger partial charge in [0.15, 0.2) is 0 Å². The van der Waals surface area contributed by atoms with E-state index in [1.54, 1.807) is 7.05 Å². The lowest BCUT2D eigenvalue weighted by Crippen LogP contribution is -2.33. The number of nitrogen functional groups attached to an aromatic ring is 1. The van der Waals surface area contributed by atoms with Gasteiger partial charge in [-0.3, -0.25) is 14.3 Å². The number of aromatic amines is 1. The second-order valence-electron chi connectivity index (χ2n) is 5.85. The smallest absolute Gasteiger partial charge is 0.329 e. The highest BCUT2D eigenvalue weighted by molar-refractivity contribution is 5.38. The first kappa shape index (κ1) is 13.9. The van der Waals surface area contributed by atoms with Crippen LogP contribution >= 0.6 is 0 Å². The van der Waals surface area contributed by atoms with Crippen LogP contribution in [0.4, 0.5) is 5.82 Å². The zero-order valence-corrected chi connectivity index (χ0v) is 11.7. The van der Waals surface area contributed by atoms with E-state index in [1.807, 2.05) is 0 Å². The Kier molecular flexibility index (Phi) is 4.12. The molecule has 0 unspecified atom stereocenters. The third-order valence-electron chi connectivity index (χ3n) is 4.41. The molecule has 1 saturated carbocycles. The molecule has 3 N–H and O–H groups in total. The molecule has 0 spiro atoms. The molecule has 0 aliphatic heterocycles. The van der Waals surface area contributed by atoms with E-state index in [2.05, 4.69) is 11.9 Å². The highest BCUT2D eigenvalue weighted by atomic mass is 16.2. The van der Waals surface area contributed by atoms with Gasteiger partial charge in [0.1, 0.15) is 5.82 Å². The van der Waals surface area contributed by atoms with Crippen LogP contribution in [0, 0.1) is 11.8 Å². The Labute approximate surface area is 112 Å². The van der Waals surface area contributed by atoms with Crippen LogP contribution in [0.1, 0.15) is 44.6 Å². The highest BCUT2D eigenvalue weighted by Crippen LogP contribution is 2.31. The first-order valence-corrected chi connectivity index (χ1v) is 7.06. The molecule has 0 amide bonds. The summed E-state index contributed by atoms with van der Waals surface area (Å²) in [7, 11) is 1.58. The van der Waals surface area contributed by atoms with Gasteiger partial charge in [0.25, 0.3) is 5.56 Å². The summed E-state index contributed by atoms with van der Waals surface area (Å²) >= 11 is 0. The summed E-state index contributed by atoms with van der Waals surface area (Å²) in [5.41, 5.74) is 5.65. The van der Waals surface area contributed by atoms with Gasteiger partial charge in [-0.1, -0.05) is 32.6 Å². The Morgan fingerprint density at radius 3 is 2.53 bits per heavy atom. The summed E-state index contributed by atoms with van der Waals surface area (Å²) in [6.45, 7) is 2.30. The van der Waals surface area contributed by atoms with E-state index in [9.17, 15) is 9.59 Å². The van der Waals surface area contributed by atoms with E-state index < -0.39 is 5.69 Å². The molecule has 0 saturated heterocycles. The van der Waals surface area contributed by atoms with E-state index in [0.29, 0.717) is 23.7 Å². The molecule has 1 aromatic heterocycles. The fraction of sp³-hybridized carbons (Fsp3) is 0.714. The number of hydrogen-bond acceptors (Lipinski definition) is 3. The van der Waals surface area contributed by atoms with Gasteiger partial charge in [-0.2, -0.15) is 0 Å². The Balaban J connectivity index is 2.06. The van der Waals surface area contributed by atoms with Gasteiger partial charge in [0.2, 0.25) is 0 Å². The molecule has 1 aromatic rings. The molecule has 5 heteroatoms. The van der Waals surface area contributed by atoms with Crippen LogP contribution in [0.25, 0.3) is 0 Å². The van der Waals surface area contributed by atoms with E-state index in [0.717, 1.165) is 12.3 Å². The number of nitrogens with one attached hydrogen (secondary N) is 1. The molecule has 19 heavy (non-hydrogen) atoms. The Hall–Kier alpha value is -1.52. The normalized spacial score (nSPS) is 23.5. The molecule has 1 aliphatic carbocycles. The van der Waals surface area contributed by atoms with Crippen molar-refractivity contribution in [3.63, 3.8) is 0 Å². The number of hydrogen-bond donors (Lipinski definition) is 2. The minimum Gasteiger partial charge on any atom is -0.385 e. The minimum absolute atomic E-state index is 0.304. The summed E-state index contributed by atoms with van der Waals surface area (Å²) < 4.78 is 1.31. The molecule has 106 valence electrons. The summed E-state index contributed by atoms with van der Waals surface area (Å²) in [5, 5.41) is 0. The number of nitrogens with two attached hydrogens (primary N) is 1. The van der Waals surface area contributed by atoms with Crippen molar-refractivity contribution in [3.05, 3.63) is 26.4 Å². The van der Waals surface area contributed by atoms with Gasteiger partial charge in [0.05, 0.1) is 5.56 Å². The van der Waals surface area contributed by atoms with Crippen LogP contribution in [-0.4, -0.2) is 9.55 Å². The average Bonchev–Trinajstić information content (AvgIpc) is 2.38. The van der Waals surface area contributed by atoms with Crippen LogP contribution in [0.2, 0.25) is 0 Å². The average molecular weight is 265 g/mol. The minimum atomic E-state index is -0.447. The SMILES string of the molecule is CC1CCC(CCc2c(N)n(C)c(=O)[nH]c2=O)CC1. The van der Waals surface area contributed by atoms with Gasteiger partial charge in [0, 0.05) is 7.05 Å². The van der Waals surface area contributed by atoms with Crippen molar-refractivity contribution in [2.24, 2.45) is 18.9 Å². The van der Waals surface area contributed by atoms with Crippen LogP contribution in [0.5, 0.6) is 0 Å². The molecular weight excluding hydrogens is 242 g/mol. The van der Waals surface area contributed by atoms with E-state index in [1.165, 1.54) is 30.3 Å². The number of aromatic nitrogens is 2. The second kappa shape index (κ2) is 5.63. The van der Waals surface area contributed by atoms with Crippen molar-refractivity contribution < 1.29 is 0 Å². The lowest BCUT2D eigenvalue weighted by atomic mass is 9.80. The van der Waals surface area contributed by atoms with E-state index in [4.69, 9.17) is 5.73 Å². The fourth-order valence-electron chi connectivity index (χ4n) is 2.89. The number of nitrogens with zero attached hydrogens (tertiary/aromatic N) is 1. The summed E-state index contributed by atoms with van der Waals surface area (Å²) in [4.78, 5) is 25.5. The lowest BCUT2D eigenvalue weighted by molar-refractivity contribution is 0.277. The zero-order chi connectivity index (χ0) is 14.0. The topological polar surface area (TPSA) is 80.9 Å². The monoisotopic (exact) mass is 265 g/mol. The number of anilines is 1. The summed E-state index contributed by atoms with van der Waals surface area (Å²) in [6.07, 6.45) is 6.69. The molecule has 5 nitrogen and oxygen atoms in total. The summed E-state index contributed by atoms with van der Waals surface area (Å²) in [6, 6.07) is 0. The highest BCUT2D eigenvalue weighted by Gasteiger charge is 2.19. The quantitative estimate of drug-likeness (QED) is 0.867. The van der Waals surface area contributed by atoms with E-state index in [-0.39, 0.29) is 5.56 Å². The van der Waals surface area contributed by atoms with Gasteiger partial charge < -0.3 is 5.73 Å². The molecule has 1 fully saturated rings. The molecule has 1 aliphatic rings. The zero-order valence-electron chi connectivity index (χ0n) is 11.7. The maximum atomic E-state index is 11.8. The van der Waals surface area contributed by atoms with Crippen LogP contribution < -0.4 is 17.0 Å². The first-order valence-electron chi connectivity index (χ1n) is 7.06. The molecule has 0 bridgehead atoms. The first-order chi connectivity index (χ1) is 8.99. The molecule has 2 rings (SSSR count). The Morgan fingerprint density at radius 1 is 1.26 bits per heavy atom. The lowest BCUT2D eigenvalue weighted by Gasteiger charge is -2.26. The molecule has 0 atom stereocenters. The van der Waals surface area contributed by atoms with Gasteiger partial charge >= 0.3 is 5.69 Å². The maximum absolute atomic E-state index is 11.8. The molecular formula is C14H23N3O2. The Bertz CT molecular complexity index is 551. The number of rotatable bonds is 3. The number of H-pyrrole nitrogens is 1. The van der Waals surface area contributed by atoms with Crippen LogP contribution in [-0.2, 0) is 13.5 Å². The molecule has 0 radical (unpaired) electrons. The fourth-order valence-corrected chi connectivity index (χ4v) is 2.89. The summed E-state index contributed by atoms with van der Waals surface area (Å²) in [5.74, 6) is 1.83. The van der Waals surface area contributed by atoms with Crippen molar-refractivity contribution in [2.45, 2.75) is 45.4 Å². The maximum Gasteiger partial charge on any atom is 0.329 e. The largest absolute Gasteiger partial charge is 0.385 e. The van der Waals surface area contributed by atoms with Crippen molar-refractivity contribution in [2.75, 3.05) is 5.73 Å². The predicted octanol–water partition coefficient (Wildman–Crippen LogP) is 1.41. The van der Waals surface area contributed by atoms with Crippen LogP contribution in [0.3, 0.4) is 0 Å². The standard InChI is InChI=1S/C14H23N3O2/c1-9-3-5-10(6-4-9)7-8-11-12(15)17(2)14(19)16-13(11)18/h9-10H,3-8,15H2,1-2H3,(H,16,18,19). The van der Waals surface area contributed by atoms with E-state index >= 15 is 0 Å².